The fourth-order valence-electron chi connectivity index (χ4n) is 2.43. The van der Waals surface area contributed by atoms with Gasteiger partial charge in [0, 0.05) is 31.9 Å². The van der Waals surface area contributed by atoms with Crippen LogP contribution in [-0.2, 0) is 7.05 Å². The molecule has 2 unspecified atom stereocenters. The molecule has 1 heterocycles. The zero-order chi connectivity index (χ0) is 12.3. The molecular weight excluding hydrogens is 238 g/mol. The van der Waals surface area contributed by atoms with Gasteiger partial charge in [-0.1, -0.05) is 6.42 Å². The van der Waals surface area contributed by atoms with E-state index in [0.29, 0.717) is 23.5 Å². The molecule has 1 saturated carbocycles. The average Bonchev–Trinajstić information content (AvgIpc) is 2.78. The normalized spacial score (nSPS) is 23.9. The lowest BCUT2D eigenvalue weighted by molar-refractivity contribution is 0.443. The predicted octanol–water partition coefficient (Wildman–Crippen LogP) is 1.85. The van der Waals surface area contributed by atoms with Crippen LogP contribution in [0.2, 0.25) is 0 Å². The monoisotopic (exact) mass is 255 g/mol. The second-order valence-corrected chi connectivity index (χ2v) is 4.99. The first-order valence-corrected chi connectivity index (χ1v) is 6.57. The van der Waals surface area contributed by atoms with Gasteiger partial charge in [-0.3, -0.25) is 4.79 Å². The van der Waals surface area contributed by atoms with Gasteiger partial charge in [0.2, 0.25) is 0 Å². The minimum Gasteiger partial charge on any atom is -0.365 e. The number of nitrogens with zero attached hydrogens (tertiary/aromatic N) is 2. The predicted molar refractivity (Wildman–Crippen MR) is 69.5 cm³/mol. The van der Waals surface area contributed by atoms with Crippen molar-refractivity contribution in [3.8, 4) is 0 Å². The molecule has 0 aromatic carbocycles. The molecule has 0 bridgehead atoms. The molecule has 4 nitrogen and oxygen atoms in total. The lowest BCUT2D eigenvalue weighted by Gasteiger charge is -2.17. The molecule has 0 spiro atoms. The van der Waals surface area contributed by atoms with Crippen molar-refractivity contribution in [1.82, 2.24) is 9.55 Å². The molecule has 1 aromatic heterocycles. The number of aromatic nitrogens is 2. The molecule has 1 N–H and O–H groups in total. The molecule has 0 saturated heterocycles. The van der Waals surface area contributed by atoms with Crippen LogP contribution in [0.15, 0.2) is 17.2 Å². The van der Waals surface area contributed by atoms with Crippen molar-refractivity contribution in [2.45, 2.75) is 19.3 Å². The number of halogens is 1. The van der Waals surface area contributed by atoms with E-state index in [1.165, 1.54) is 23.8 Å². The fourth-order valence-corrected chi connectivity index (χ4v) is 2.84. The Bertz CT molecular complexity index is 432. The minimum absolute atomic E-state index is 0.0760. The van der Waals surface area contributed by atoms with Crippen molar-refractivity contribution in [3.05, 3.63) is 22.7 Å². The Morgan fingerprint density at radius 3 is 3.06 bits per heavy atom. The summed E-state index contributed by atoms with van der Waals surface area (Å²) in [5.41, 5.74) is -0.0760. The third-order valence-electron chi connectivity index (χ3n) is 3.56. The van der Waals surface area contributed by atoms with Crippen molar-refractivity contribution in [1.29, 1.82) is 0 Å². The third kappa shape index (κ3) is 2.80. The Morgan fingerprint density at radius 2 is 2.29 bits per heavy atom. The quantitative estimate of drug-likeness (QED) is 0.836. The molecule has 94 valence electrons. The Balaban J connectivity index is 1.98. The van der Waals surface area contributed by atoms with E-state index in [-0.39, 0.29) is 5.56 Å². The molecule has 1 aromatic rings. The number of nitrogens with one attached hydrogen (secondary N) is 1. The minimum atomic E-state index is -0.0760. The summed E-state index contributed by atoms with van der Waals surface area (Å²) in [6.45, 7) is 0.795. The highest BCUT2D eigenvalue weighted by Crippen LogP contribution is 2.32. The van der Waals surface area contributed by atoms with E-state index in [2.05, 4.69) is 10.3 Å². The Morgan fingerprint density at radius 1 is 1.53 bits per heavy atom. The largest absolute Gasteiger partial charge is 0.365 e. The third-order valence-corrected chi connectivity index (χ3v) is 3.96. The van der Waals surface area contributed by atoms with Crippen LogP contribution in [0.5, 0.6) is 0 Å². The standard InChI is InChI=1S/C12H18ClN3O/c1-16-6-5-14-11(12(16)17)15-8-10-4-2-3-9(10)7-13/h5-6,9-10H,2-4,7-8H2,1H3,(H,14,15). The van der Waals surface area contributed by atoms with Crippen LogP contribution in [0.3, 0.4) is 0 Å². The number of hydrogen-bond donors (Lipinski definition) is 1. The second-order valence-electron chi connectivity index (χ2n) is 4.68. The fraction of sp³-hybridized carbons (Fsp3) is 0.667. The molecule has 1 aliphatic rings. The van der Waals surface area contributed by atoms with E-state index in [9.17, 15) is 4.79 Å². The highest BCUT2D eigenvalue weighted by atomic mass is 35.5. The van der Waals surface area contributed by atoms with Crippen molar-refractivity contribution < 1.29 is 0 Å². The van der Waals surface area contributed by atoms with Crippen LogP contribution in [-0.4, -0.2) is 22.0 Å². The molecular formula is C12H18ClN3O. The van der Waals surface area contributed by atoms with Crippen molar-refractivity contribution in [3.63, 3.8) is 0 Å². The van der Waals surface area contributed by atoms with Crippen LogP contribution in [0.4, 0.5) is 5.82 Å². The van der Waals surface area contributed by atoms with Gasteiger partial charge in [-0.05, 0) is 24.7 Å². The number of aryl methyl sites for hydroxylation is 1. The maximum absolute atomic E-state index is 11.7. The summed E-state index contributed by atoms with van der Waals surface area (Å²) in [6, 6.07) is 0. The SMILES string of the molecule is Cn1ccnc(NCC2CCCC2CCl)c1=O. The maximum atomic E-state index is 11.7. The van der Waals surface area contributed by atoms with Gasteiger partial charge in [-0.15, -0.1) is 11.6 Å². The van der Waals surface area contributed by atoms with Crippen molar-refractivity contribution in [2.24, 2.45) is 18.9 Å². The number of rotatable bonds is 4. The molecule has 2 atom stereocenters. The first-order valence-electron chi connectivity index (χ1n) is 6.04. The first kappa shape index (κ1) is 12.4. The van der Waals surface area contributed by atoms with Gasteiger partial charge < -0.3 is 9.88 Å². The molecule has 2 rings (SSSR count). The molecule has 17 heavy (non-hydrogen) atoms. The molecule has 0 radical (unpaired) electrons. The highest BCUT2D eigenvalue weighted by molar-refractivity contribution is 6.18. The van der Waals surface area contributed by atoms with Crippen LogP contribution in [0.1, 0.15) is 19.3 Å². The van der Waals surface area contributed by atoms with Gasteiger partial charge in [0.05, 0.1) is 0 Å². The smallest absolute Gasteiger partial charge is 0.293 e. The van der Waals surface area contributed by atoms with Gasteiger partial charge >= 0.3 is 0 Å². The lowest BCUT2D eigenvalue weighted by Crippen LogP contribution is -2.26. The van der Waals surface area contributed by atoms with Crippen LogP contribution in [0, 0.1) is 11.8 Å². The Kier molecular flexibility index (Phi) is 4.05. The Labute approximate surface area is 106 Å². The first-order chi connectivity index (χ1) is 8.22. The van der Waals surface area contributed by atoms with Gasteiger partial charge in [0.1, 0.15) is 0 Å². The summed E-state index contributed by atoms with van der Waals surface area (Å²) in [6.07, 6.45) is 6.93. The van der Waals surface area contributed by atoms with E-state index < -0.39 is 0 Å². The highest BCUT2D eigenvalue weighted by Gasteiger charge is 2.26. The molecule has 5 heteroatoms. The van der Waals surface area contributed by atoms with Gasteiger partial charge in [0.15, 0.2) is 5.82 Å². The molecule has 1 fully saturated rings. The zero-order valence-corrected chi connectivity index (χ0v) is 10.8. The van der Waals surface area contributed by atoms with E-state index >= 15 is 0 Å². The summed E-state index contributed by atoms with van der Waals surface area (Å²) in [5.74, 6) is 2.30. The average molecular weight is 256 g/mol. The molecule has 0 aliphatic heterocycles. The Hall–Kier alpha value is -1.03. The van der Waals surface area contributed by atoms with E-state index in [1.54, 1.807) is 19.4 Å². The number of hydrogen-bond acceptors (Lipinski definition) is 3. The maximum Gasteiger partial charge on any atom is 0.293 e. The van der Waals surface area contributed by atoms with Gasteiger partial charge in [0.25, 0.3) is 5.56 Å². The number of alkyl halides is 1. The summed E-state index contributed by atoms with van der Waals surface area (Å²) in [4.78, 5) is 15.8. The summed E-state index contributed by atoms with van der Waals surface area (Å²) >= 11 is 5.93. The van der Waals surface area contributed by atoms with E-state index in [0.717, 1.165) is 6.54 Å². The van der Waals surface area contributed by atoms with Crippen LogP contribution in [0.25, 0.3) is 0 Å². The summed E-state index contributed by atoms with van der Waals surface area (Å²) < 4.78 is 1.53. The van der Waals surface area contributed by atoms with Crippen LogP contribution < -0.4 is 10.9 Å². The second kappa shape index (κ2) is 5.54. The number of anilines is 1. The van der Waals surface area contributed by atoms with Crippen molar-refractivity contribution >= 4 is 17.4 Å². The van der Waals surface area contributed by atoms with E-state index in [4.69, 9.17) is 11.6 Å². The van der Waals surface area contributed by atoms with E-state index in [1.807, 2.05) is 0 Å². The summed E-state index contributed by atoms with van der Waals surface area (Å²) in [7, 11) is 1.73. The summed E-state index contributed by atoms with van der Waals surface area (Å²) in [5, 5.41) is 3.16. The zero-order valence-electron chi connectivity index (χ0n) is 10.0. The van der Waals surface area contributed by atoms with Gasteiger partial charge in [-0.2, -0.15) is 0 Å². The molecule has 1 aliphatic carbocycles. The van der Waals surface area contributed by atoms with Crippen LogP contribution >= 0.6 is 11.6 Å². The van der Waals surface area contributed by atoms with Gasteiger partial charge in [-0.25, -0.2) is 4.98 Å². The van der Waals surface area contributed by atoms with Crippen molar-refractivity contribution in [2.75, 3.05) is 17.7 Å². The lowest BCUT2D eigenvalue weighted by atomic mass is 9.98. The molecule has 0 amide bonds. The topological polar surface area (TPSA) is 46.9 Å².